The average molecular weight is 290 g/mol. The van der Waals surface area contributed by atoms with E-state index < -0.39 is 5.97 Å². The van der Waals surface area contributed by atoms with Crippen LogP contribution in [-0.4, -0.2) is 23.1 Å². The number of urea groups is 1. The van der Waals surface area contributed by atoms with Crippen molar-refractivity contribution in [2.75, 3.05) is 5.32 Å². The second-order valence-electron chi connectivity index (χ2n) is 5.77. The number of nitrogens with one attached hydrogen (secondary N) is 2. The van der Waals surface area contributed by atoms with Gasteiger partial charge < -0.3 is 15.7 Å². The van der Waals surface area contributed by atoms with Crippen molar-refractivity contribution in [3.63, 3.8) is 0 Å². The van der Waals surface area contributed by atoms with E-state index in [2.05, 4.69) is 10.6 Å². The Morgan fingerprint density at radius 3 is 2.57 bits per heavy atom. The third-order valence-electron chi connectivity index (χ3n) is 4.20. The molecule has 2 amide bonds. The number of rotatable bonds is 4. The molecule has 5 heteroatoms. The Morgan fingerprint density at radius 1 is 1.29 bits per heavy atom. The van der Waals surface area contributed by atoms with Crippen molar-refractivity contribution in [1.82, 2.24) is 5.32 Å². The monoisotopic (exact) mass is 290 g/mol. The largest absolute Gasteiger partial charge is 0.478 e. The Balaban J connectivity index is 1.98. The lowest BCUT2D eigenvalue weighted by molar-refractivity contribution is 0.0697. The summed E-state index contributed by atoms with van der Waals surface area (Å²) in [4.78, 5) is 23.0. The van der Waals surface area contributed by atoms with Gasteiger partial charge in [-0.25, -0.2) is 9.59 Å². The van der Waals surface area contributed by atoms with Crippen LogP contribution in [0.2, 0.25) is 0 Å². The maximum absolute atomic E-state index is 12.0. The van der Waals surface area contributed by atoms with Crippen molar-refractivity contribution in [3.05, 3.63) is 29.3 Å². The minimum absolute atomic E-state index is 0.135. The zero-order chi connectivity index (χ0) is 15.4. The summed E-state index contributed by atoms with van der Waals surface area (Å²) in [5.41, 5.74) is 1.54. The number of aryl methyl sites for hydroxylation is 1. The minimum Gasteiger partial charge on any atom is -0.478 e. The van der Waals surface area contributed by atoms with Gasteiger partial charge in [-0.2, -0.15) is 0 Å². The quantitative estimate of drug-likeness (QED) is 0.795. The van der Waals surface area contributed by atoms with E-state index in [0.717, 1.165) is 18.4 Å². The van der Waals surface area contributed by atoms with Gasteiger partial charge in [0, 0.05) is 11.7 Å². The van der Waals surface area contributed by atoms with Crippen molar-refractivity contribution in [2.45, 2.75) is 45.6 Å². The van der Waals surface area contributed by atoms with Crippen LogP contribution in [-0.2, 0) is 0 Å². The van der Waals surface area contributed by atoms with E-state index >= 15 is 0 Å². The van der Waals surface area contributed by atoms with E-state index in [9.17, 15) is 9.59 Å². The molecule has 1 saturated carbocycles. The summed E-state index contributed by atoms with van der Waals surface area (Å²) < 4.78 is 0. The summed E-state index contributed by atoms with van der Waals surface area (Å²) in [6.45, 7) is 3.86. The van der Waals surface area contributed by atoms with E-state index in [0.29, 0.717) is 11.6 Å². The molecule has 1 aliphatic rings. The maximum Gasteiger partial charge on any atom is 0.335 e. The number of carbonyl (C=O) groups is 2. The van der Waals surface area contributed by atoms with Gasteiger partial charge in [-0.15, -0.1) is 0 Å². The highest BCUT2D eigenvalue weighted by atomic mass is 16.4. The molecule has 0 aromatic heterocycles. The van der Waals surface area contributed by atoms with Crippen molar-refractivity contribution in [1.29, 1.82) is 0 Å². The summed E-state index contributed by atoms with van der Waals surface area (Å²) in [5.74, 6) is -0.458. The summed E-state index contributed by atoms with van der Waals surface area (Å²) in [6, 6.07) is 4.56. The number of amides is 2. The number of carbonyl (C=O) groups excluding carboxylic acids is 1. The molecule has 0 aliphatic heterocycles. The molecule has 1 unspecified atom stereocenters. The number of carboxylic acid groups (broad SMARTS) is 1. The van der Waals surface area contributed by atoms with Crippen molar-refractivity contribution < 1.29 is 14.7 Å². The molecule has 2 rings (SSSR count). The number of carboxylic acids is 1. The summed E-state index contributed by atoms with van der Waals surface area (Å²) >= 11 is 0. The molecule has 0 radical (unpaired) electrons. The zero-order valence-corrected chi connectivity index (χ0v) is 12.5. The Kier molecular flexibility index (Phi) is 4.83. The number of benzene rings is 1. The SMILES string of the molecule is Cc1ccc(C(=O)O)cc1NC(=O)NC(C)C1CCCC1. The molecule has 1 aromatic rings. The standard InChI is InChI=1S/C16H22N2O3/c1-10-7-8-13(15(19)20)9-14(10)18-16(21)17-11(2)12-5-3-4-6-12/h7-9,11-12H,3-6H2,1-2H3,(H,19,20)(H2,17,18,21). The molecule has 1 fully saturated rings. The van der Waals surface area contributed by atoms with Crippen LogP contribution in [0, 0.1) is 12.8 Å². The summed E-state index contributed by atoms with van der Waals surface area (Å²) in [6.07, 6.45) is 4.79. The Hall–Kier alpha value is -2.04. The van der Waals surface area contributed by atoms with E-state index in [4.69, 9.17) is 5.11 Å². The predicted molar refractivity (Wildman–Crippen MR) is 81.7 cm³/mol. The molecule has 114 valence electrons. The van der Waals surface area contributed by atoms with Crippen molar-refractivity contribution in [3.8, 4) is 0 Å². The third-order valence-corrected chi connectivity index (χ3v) is 4.20. The highest BCUT2D eigenvalue weighted by Crippen LogP contribution is 2.27. The van der Waals surface area contributed by atoms with Crippen molar-refractivity contribution in [2.24, 2.45) is 5.92 Å². The molecule has 1 atom stereocenters. The Labute approximate surface area is 124 Å². The normalized spacial score (nSPS) is 16.5. The van der Waals surface area contributed by atoms with E-state index in [-0.39, 0.29) is 17.6 Å². The molecule has 0 spiro atoms. The van der Waals surface area contributed by atoms with Crippen molar-refractivity contribution >= 4 is 17.7 Å². The lowest BCUT2D eigenvalue weighted by Crippen LogP contribution is -2.40. The lowest BCUT2D eigenvalue weighted by Gasteiger charge is -2.21. The third kappa shape index (κ3) is 3.97. The van der Waals surface area contributed by atoms with Gasteiger partial charge in [0.05, 0.1) is 5.56 Å². The fourth-order valence-corrected chi connectivity index (χ4v) is 2.83. The average Bonchev–Trinajstić information content (AvgIpc) is 2.95. The molecule has 3 N–H and O–H groups in total. The van der Waals surface area contributed by atoms with E-state index in [1.165, 1.54) is 25.0 Å². The maximum atomic E-state index is 12.0. The van der Waals surface area contributed by atoms with Gasteiger partial charge in [-0.05, 0) is 50.3 Å². The summed E-state index contributed by atoms with van der Waals surface area (Å²) in [7, 11) is 0. The molecular formula is C16H22N2O3. The van der Waals surface area contributed by atoms with Crippen LogP contribution >= 0.6 is 0 Å². The van der Waals surface area contributed by atoms with Gasteiger partial charge in [0.1, 0.15) is 0 Å². The molecule has 0 saturated heterocycles. The molecular weight excluding hydrogens is 268 g/mol. The van der Waals surface area contributed by atoms with Gasteiger partial charge in [-0.1, -0.05) is 18.9 Å². The molecule has 21 heavy (non-hydrogen) atoms. The van der Waals surface area contributed by atoms with Crippen LogP contribution in [0.25, 0.3) is 0 Å². The second-order valence-corrected chi connectivity index (χ2v) is 5.77. The first-order chi connectivity index (χ1) is 9.97. The van der Waals surface area contributed by atoms with Crippen LogP contribution in [0.5, 0.6) is 0 Å². The smallest absolute Gasteiger partial charge is 0.335 e. The fraction of sp³-hybridized carbons (Fsp3) is 0.500. The van der Waals surface area contributed by atoms with E-state index in [1.807, 2.05) is 13.8 Å². The molecule has 5 nitrogen and oxygen atoms in total. The number of hydrogen-bond acceptors (Lipinski definition) is 2. The molecule has 1 aliphatic carbocycles. The Morgan fingerprint density at radius 2 is 1.95 bits per heavy atom. The zero-order valence-electron chi connectivity index (χ0n) is 12.5. The first-order valence-corrected chi connectivity index (χ1v) is 7.39. The highest BCUT2D eigenvalue weighted by Gasteiger charge is 2.22. The van der Waals surface area contributed by atoms with Gasteiger partial charge in [0.25, 0.3) is 0 Å². The second kappa shape index (κ2) is 6.61. The van der Waals surface area contributed by atoms with Gasteiger partial charge in [0.2, 0.25) is 0 Å². The van der Waals surface area contributed by atoms with Crippen LogP contribution in [0.15, 0.2) is 18.2 Å². The van der Waals surface area contributed by atoms with Gasteiger partial charge in [-0.3, -0.25) is 0 Å². The number of anilines is 1. The fourth-order valence-electron chi connectivity index (χ4n) is 2.83. The van der Waals surface area contributed by atoms with Gasteiger partial charge in [0.15, 0.2) is 0 Å². The predicted octanol–water partition coefficient (Wildman–Crippen LogP) is 3.39. The Bertz CT molecular complexity index is 536. The first kappa shape index (κ1) is 15.4. The van der Waals surface area contributed by atoms with Crippen LogP contribution in [0.4, 0.5) is 10.5 Å². The number of aromatic carboxylic acids is 1. The van der Waals surface area contributed by atoms with Crippen LogP contribution in [0.3, 0.4) is 0 Å². The molecule has 0 heterocycles. The topological polar surface area (TPSA) is 78.4 Å². The minimum atomic E-state index is -1.00. The van der Waals surface area contributed by atoms with Crippen LogP contribution < -0.4 is 10.6 Å². The highest BCUT2D eigenvalue weighted by molar-refractivity contribution is 5.94. The first-order valence-electron chi connectivity index (χ1n) is 7.39. The molecule has 1 aromatic carbocycles. The summed E-state index contributed by atoms with van der Waals surface area (Å²) in [5, 5.41) is 14.7. The number of hydrogen-bond donors (Lipinski definition) is 3. The van der Waals surface area contributed by atoms with Gasteiger partial charge >= 0.3 is 12.0 Å². The van der Waals surface area contributed by atoms with Crippen LogP contribution in [0.1, 0.15) is 48.5 Å². The lowest BCUT2D eigenvalue weighted by atomic mass is 10.0. The molecule has 0 bridgehead atoms. The van der Waals surface area contributed by atoms with E-state index in [1.54, 1.807) is 6.07 Å².